The number of urea groups is 1. The van der Waals surface area contributed by atoms with E-state index < -0.39 is 0 Å². The normalized spacial score (nSPS) is 14.2. The van der Waals surface area contributed by atoms with Crippen LogP contribution in [-0.2, 0) is 4.74 Å². The molecule has 0 atom stereocenters. The fraction of sp³-hybridized carbons (Fsp3) is 0.400. The van der Waals surface area contributed by atoms with Crippen LogP contribution in [0.1, 0.15) is 12.5 Å². The average molecular weight is 302 g/mol. The predicted octanol–water partition coefficient (Wildman–Crippen LogP) is 1.86. The van der Waals surface area contributed by atoms with Crippen molar-refractivity contribution in [2.45, 2.75) is 6.92 Å². The van der Waals surface area contributed by atoms with Crippen LogP contribution in [0.15, 0.2) is 24.3 Å². The SMILES string of the molecule is CCOC(=O)N1CCN(C(=O)Nc2ccccc2C#N)CC1. The van der Waals surface area contributed by atoms with Crippen LogP contribution in [0.25, 0.3) is 0 Å². The van der Waals surface area contributed by atoms with Gasteiger partial charge >= 0.3 is 12.1 Å². The summed E-state index contributed by atoms with van der Waals surface area (Å²) in [7, 11) is 0. The third kappa shape index (κ3) is 3.67. The third-order valence-corrected chi connectivity index (χ3v) is 3.38. The predicted molar refractivity (Wildman–Crippen MR) is 80.3 cm³/mol. The molecular formula is C15H18N4O3. The molecular weight excluding hydrogens is 284 g/mol. The number of ether oxygens (including phenoxy) is 1. The van der Waals surface area contributed by atoms with E-state index in [1.807, 2.05) is 6.07 Å². The van der Waals surface area contributed by atoms with Crippen molar-refractivity contribution in [2.24, 2.45) is 0 Å². The highest BCUT2D eigenvalue weighted by atomic mass is 16.6. The molecule has 1 N–H and O–H groups in total. The molecule has 1 heterocycles. The first kappa shape index (κ1) is 15.6. The maximum atomic E-state index is 12.2. The Morgan fingerprint density at radius 3 is 2.50 bits per heavy atom. The largest absolute Gasteiger partial charge is 0.450 e. The van der Waals surface area contributed by atoms with Crippen LogP contribution in [0, 0.1) is 11.3 Å². The quantitative estimate of drug-likeness (QED) is 0.903. The van der Waals surface area contributed by atoms with Crippen LogP contribution in [0.5, 0.6) is 0 Å². The summed E-state index contributed by atoms with van der Waals surface area (Å²) in [4.78, 5) is 27.0. The molecule has 1 aliphatic rings. The molecule has 3 amide bonds. The van der Waals surface area contributed by atoms with Crippen LogP contribution in [0.4, 0.5) is 15.3 Å². The van der Waals surface area contributed by atoms with Gasteiger partial charge in [0.05, 0.1) is 17.9 Å². The molecule has 1 fully saturated rings. The number of nitriles is 1. The Kier molecular flexibility index (Phi) is 5.20. The van der Waals surface area contributed by atoms with E-state index >= 15 is 0 Å². The number of carbonyl (C=O) groups is 2. The summed E-state index contributed by atoms with van der Waals surface area (Å²) in [6, 6.07) is 8.60. The maximum absolute atomic E-state index is 12.2. The monoisotopic (exact) mass is 302 g/mol. The lowest BCUT2D eigenvalue weighted by atomic mass is 10.2. The average Bonchev–Trinajstić information content (AvgIpc) is 2.55. The lowest BCUT2D eigenvalue weighted by Crippen LogP contribution is -2.51. The van der Waals surface area contributed by atoms with E-state index in [4.69, 9.17) is 10.00 Å². The van der Waals surface area contributed by atoms with E-state index in [-0.39, 0.29) is 12.1 Å². The van der Waals surface area contributed by atoms with Crippen LogP contribution in [-0.4, -0.2) is 54.7 Å². The molecule has 7 heteroatoms. The second kappa shape index (κ2) is 7.31. The molecule has 0 aromatic heterocycles. The summed E-state index contributed by atoms with van der Waals surface area (Å²) in [5, 5.41) is 11.7. The maximum Gasteiger partial charge on any atom is 0.409 e. The molecule has 1 aromatic carbocycles. The smallest absolute Gasteiger partial charge is 0.409 e. The Morgan fingerprint density at radius 2 is 1.86 bits per heavy atom. The van der Waals surface area contributed by atoms with Gasteiger partial charge in [-0.25, -0.2) is 9.59 Å². The van der Waals surface area contributed by atoms with Crippen molar-refractivity contribution >= 4 is 17.8 Å². The number of amides is 3. The van der Waals surface area contributed by atoms with Gasteiger partial charge in [0, 0.05) is 26.2 Å². The van der Waals surface area contributed by atoms with Gasteiger partial charge in [-0.15, -0.1) is 0 Å². The number of hydrogen-bond donors (Lipinski definition) is 1. The molecule has 22 heavy (non-hydrogen) atoms. The van der Waals surface area contributed by atoms with Gasteiger partial charge in [0.2, 0.25) is 0 Å². The van der Waals surface area contributed by atoms with Gasteiger partial charge in [-0.3, -0.25) is 0 Å². The molecule has 0 spiro atoms. The highest BCUT2D eigenvalue weighted by Gasteiger charge is 2.25. The standard InChI is InChI=1S/C15H18N4O3/c1-2-22-15(21)19-9-7-18(8-10-19)14(20)17-13-6-4-3-5-12(13)11-16/h3-6H,2,7-10H2,1H3,(H,17,20). The molecule has 0 unspecified atom stereocenters. The Hall–Kier alpha value is -2.75. The number of nitrogens with one attached hydrogen (secondary N) is 1. The number of anilines is 1. The summed E-state index contributed by atoms with van der Waals surface area (Å²) >= 11 is 0. The summed E-state index contributed by atoms with van der Waals surface area (Å²) in [5.74, 6) is 0. The van der Waals surface area contributed by atoms with Crippen molar-refractivity contribution in [3.63, 3.8) is 0 Å². The minimum atomic E-state index is -0.350. The summed E-state index contributed by atoms with van der Waals surface area (Å²) in [5.41, 5.74) is 0.906. The molecule has 1 aliphatic heterocycles. The first-order valence-electron chi connectivity index (χ1n) is 7.12. The Labute approximate surface area is 129 Å². The van der Waals surface area contributed by atoms with E-state index in [1.165, 1.54) is 0 Å². The van der Waals surface area contributed by atoms with E-state index in [1.54, 1.807) is 41.0 Å². The zero-order chi connectivity index (χ0) is 15.9. The first-order chi connectivity index (χ1) is 10.7. The number of nitrogens with zero attached hydrogens (tertiary/aromatic N) is 3. The van der Waals surface area contributed by atoms with Gasteiger partial charge in [0.15, 0.2) is 0 Å². The molecule has 7 nitrogen and oxygen atoms in total. The minimum Gasteiger partial charge on any atom is -0.450 e. The molecule has 0 radical (unpaired) electrons. The zero-order valence-electron chi connectivity index (χ0n) is 12.4. The van der Waals surface area contributed by atoms with E-state index in [0.29, 0.717) is 44.0 Å². The topological polar surface area (TPSA) is 85.7 Å². The molecule has 2 rings (SSSR count). The number of hydrogen-bond acceptors (Lipinski definition) is 4. The second-order valence-electron chi connectivity index (χ2n) is 4.76. The first-order valence-corrected chi connectivity index (χ1v) is 7.12. The highest BCUT2D eigenvalue weighted by molar-refractivity contribution is 5.91. The van der Waals surface area contributed by atoms with Gasteiger partial charge in [0.1, 0.15) is 6.07 Å². The lowest BCUT2D eigenvalue weighted by molar-refractivity contribution is 0.0868. The van der Waals surface area contributed by atoms with Gasteiger partial charge in [-0.2, -0.15) is 5.26 Å². The molecule has 1 aromatic rings. The number of rotatable bonds is 2. The van der Waals surface area contributed by atoms with Crippen molar-refractivity contribution in [1.29, 1.82) is 5.26 Å². The summed E-state index contributed by atoms with van der Waals surface area (Å²) < 4.78 is 4.93. The van der Waals surface area contributed by atoms with E-state index in [9.17, 15) is 9.59 Å². The van der Waals surface area contributed by atoms with Gasteiger partial charge < -0.3 is 19.9 Å². The van der Waals surface area contributed by atoms with Crippen molar-refractivity contribution in [1.82, 2.24) is 9.80 Å². The lowest BCUT2D eigenvalue weighted by Gasteiger charge is -2.34. The number of benzene rings is 1. The molecule has 0 saturated carbocycles. The van der Waals surface area contributed by atoms with Crippen molar-refractivity contribution in [2.75, 3.05) is 38.1 Å². The van der Waals surface area contributed by atoms with Crippen molar-refractivity contribution in [3.05, 3.63) is 29.8 Å². The second-order valence-corrected chi connectivity index (χ2v) is 4.76. The summed E-state index contributed by atoms with van der Waals surface area (Å²) in [6.45, 7) is 3.83. The molecule has 0 aliphatic carbocycles. The summed E-state index contributed by atoms with van der Waals surface area (Å²) in [6.07, 6.45) is -0.350. The molecule has 0 bridgehead atoms. The van der Waals surface area contributed by atoms with Crippen molar-refractivity contribution in [3.8, 4) is 6.07 Å². The molecule has 1 saturated heterocycles. The highest BCUT2D eigenvalue weighted by Crippen LogP contribution is 2.15. The van der Waals surface area contributed by atoms with Crippen molar-refractivity contribution < 1.29 is 14.3 Å². The van der Waals surface area contributed by atoms with E-state index in [2.05, 4.69) is 5.32 Å². The van der Waals surface area contributed by atoms with Gasteiger partial charge in [-0.1, -0.05) is 12.1 Å². The number of piperazine rings is 1. The zero-order valence-corrected chi connectivity index (χ0v) is 12.4. The fourth-order valence-electron chi connectivity index (χ4n) is 2.19. The van der Waals surface area contributed by atoms with Gasteiger partial charge in [-0.05, 0) is 19.1 Å². The Balaban J connectivity index is 1.90. The van der Waals surface area contributed by atoms with Crippen LogP contribution < -0.4 is 5.32 Å². The Morgan fingerprint density at radius 1 is 1.23 bits per heavy atom. The number of carbonyl (C=O) groups excluding carboxylic acids is 2. The van der Waals surface area contributed by atoms with Crippen LogP contribution in [0.2, 0.25) is 0 Å². The third-order valence-electron chi connectivity index (χ3n) is 3.38. The number of para-hydroxylation sites is 1. The fourth-order valence-corrected chi connectivity index (χ4v) is 2.19. The van der Waals surface area contributed by atoms with Crippen LogP contribution in [0.3, 0.4) is 0 Å². The molecule has 116 valence electrons. The van der Waals surface area contributed by atoms with E-state index in [0.717, 1.165) is 0 Å². The van der Waals surface area contributed by atoms with Crippen LogP contribution >= 0.6 is 0 Å². The minimum absolute atomic E-state index is 0.272. The Bertz CT molecular complexity index is 589. The van der Waals surface area contributed by atoms with Gasteiger partial charge in [0.25, 0.3) is 0 Å².